The summed E-state index contributed by atoms with van der Waals surface area (Å²) in [6, 6.07) is 12.3. The Kier molecular flexibility index (Phi) is 5.33. The summed E-state index contributed by atoms with van der Waals surface area (Å²) < 4.78 is 11.4. The van der Waals surface area contributed by atoms with Gasteiger partial charge in [0.05, 0.1) is 18.4 Å². The zero-order chi connectivity index (χ0) is 17.0. The van der Waals surface area contributed by atoms with Gasteiger partial charge in [-0.3, -0.25) is 0 Å². The Balaban J connectivity index is 1.71. The second-order valence-corrected chi connectivity index (χ2v) is 7.76. The van der Waals surface area contributed by atoms with E-state index in [4.69, 9.17) is 20.8 Å². The molecule has 1 aliphatic heterocycles. The van der Waals surface area contributed by atoms with E-state index in [9.17, 15) is 0 Å². The third kappa shape index (κ3) is 4.21. The van der Waals surface area contributed by atoms with Gasteiger partial charge in [0.2, 0.25) is 0 Å². The summed E-state index contributed by atoms with van der Waals surface area (Å²) in [6.07, 6.45) is 4.85. The second-order valence-electron chi connectivity index (χ2n) is 7.33. The van der Waals surface area contributed by atoms with Gasteiger partial charge in [0.25, 0.3) is 0 Å². The summed E-state index contributed by atoms with van der Waals surface area (Å²) in [6.45, 7) is 6.89. The Morgan fingerprint density at radius 2 is 1.96 bits per heavy atom. The fourth-order valence-corrected chi connectivity index (χ4v) is 3.96. The van der Waals surface area contributed by atoms with Crippen LogP contribution in [0.3, 0.4) is 0 Å². The minimum absolute atomic E-state index is 0.0983. The molecule has 2 aromatic rings. The molecular formula is C20H26ClNO2. The summed E-state index contributed by atoms with van der Waals surface area (Å²) in [4.78, 5) is 0. The standard InChI is InChI=1S/C20H26ClNO2/c1-19(2)15-20(10-13-24-19,16-5-7-17(21)8-6-16)9-11-22-14-18-4-3-12-23-18/h3-8,12,22H,9-11,13-15H2,1-2H3/t20-/m1/s1. The number of hydrogen-bond donors (Lipinski definition) is 1. The molecule has 1 atom stereocenters. The zero-order valence-electron chi connectivity index (χ0n) is 14.5. The van der Waals surface area contributed by atoms with Gasteiger partial charge in [-0.05, 0) is 69.5 Å². The highest BCUT2D eigenvalue weighted by Crippen LogP contribution is 2.44. The summed E-state index contributed by atoms with van der Waals surface area (Å²) in [5, 5.41) is 4.30. The summed E-state index contributed by atoms with van der Waals surface area (Å²) in [5.41, 5.74) is 1.39. The molecule has 0 amide bonds. The molecule has 3 rings (SSSR count). The van der Waals surface area contributed by atoms with Gasteiger partial charge in [-0.2, -0.15) is 0 Å². The lowest BCUT2D eigenvalue weighted by Crippen LogP contribution is -2.45. The molecule has 4 heteroatoms. The molecule has 0 bridgehead atoms. The molecule has 2 heterocycles. The summed E-state index contributed by atoms with van der Waals surface area (Å²) >= 11 is 6.09. The maximum absolute atomic E-state index is 6.09. The van der Waals surface area contributed by atoms with Crippen LogP contribution in [0.2, 0.25) is 5.02 Å². The first-order valence-electron chi connectivity index (χ1n) is 8.62. The number of nitrogens with one attached hydrogen (secondary N) is 1. The lowest BCUT2D eigenvalue weighted by atomic mass is 9.67. The van der Waals surface area contributed by atoms with Crippen LogP contribution in [0.1, 0.15) is 44.4 Å². The average Bonchev–Trinajstić information content (AvgIpc) is 3.05. The average molecular weight is 348 g/mol. The predicted octanol–water partition coefficient (Wildman–Crippen LogP) is 4.94. The number of hydrogen-bond acceptors (Lipinski definition) is 3. The van der Waals surface area contributed by atoms with E-state index in [1.54, 1.807) is 6.26 Å². The fraction of sp³-hybridized carbons (Fsp3) is 0.500. The van der Waals surface area contributed by atoms with E-state index in [2.05, 4.69) is 31.3 Å². The maximum atomic E-state index is 6.09. The second kappa shape index (κ2) is 7.30. The summed E-state index contributed by atoms with van der Waals surface area (Å²) in [5.74, 6) is 0.975. The van der Waals surface area contributed by atoms with Crippen LogP contribution in [0.25, 0.3) is 0 Å². The normalized spacial score (nSPS) is 23.3. The van der Waals surface area contributed by atoms with Crippen molar-refractivity contribution in [1.82, 2.24) is 5.32 Å². The van der Waals surface area contributed by atoms with Crippen LogP contribution in [0.4, 0.5) is 0 Å². The molecule has 1 aromatic heterocycles. The van der Waals surface area contributed by atoms with Gasteiger partial charge in [-0.1, -0.05) is 23.7 Å². The Hall–Kier alpha value is -1.29. The van der Waals surface area contributed by atoms with Gasteiger partial charge in [-0.15, -0.1) is 0 Å². The Morgan fingerprint density at radius 3 is 2.62 bits per heavy atom. The van der Waals surface area contributed by atoms with Crippen molar-refractivity contribution in [2.75, 3.05) is 13.2 Å². The summed E-state index contributed by atoms with van der Waals surface area (Å²) in [7, 11) is 0. The van der Waals surface area contributed by atoms with Gasteiger partial charge in [-0.25, -0.2) is 0 Å². The topological polar surface area (TPSA) is 34.4 Å². The van der Waals surface area contributed by atoms with Gasteiger partial charge < -0.3 is 14.5 Å². The van der Waals surface area contributed by atoms with E-state index in [0.717, 1.165) is 49.7 Å². The van der Waals surface area contributed by atoms with Crippen molar-refractivity contribution in [1.29, 1.82) is 0 Å². The maximum Gasteiger partial charge on any atom is 0.117 e. The van der Waals surface area contributed by atoms with Gasteiger partial charge in [0.1, 0.15) is 5.76 Å². The van der Waals surface area contributed by atoms with Crippen molar-refractivity contribution in [3.8, 4) is 0 Å². The molecule has 0 radical (unpaired) electrons. The van der Waals surface area contributed by atoms with E-state index in [0.29, 0.717) is 0 Å². The Labute approximate surface area is 149 Å². The Morgan fingerprint density at radius 1 is 1.17 bits per heavy atom. The molecule has 1 aromatic carbocycles. The van der Waals surface area contributed by atoms with E-state index in [1.165, 1.54) is 5.56 Å². The van der Waals surface area contributed by atoms with Gasteiger partial charge >= 0.3 is 0 Å². The van der Waals surface area contributed by atoms with Crippen LogP contribution < -0.4 is 5.32 Å². The predicted molar refractivity (Wildman–Crippen MR) is 97.4 cm³/mol. The third-order valence-corrected chi connectivity index (χ3v) is 5.21. The van der Waals surface area contributed by atoms with Crippen molar-refractivity contribution < 1.29 is 9.15 Å². The molecule has 0 unspecified atom stereocenters. The van der Waals surface area contributed by atoms with E-state index >= 15 is 0 Å². The lowest BCUT2D eigenvalue weighted by molar-refractivity contribution is -0.0840. The smallest absolute Gasteiger partial charge is 0.117 e. The van der Waals surface area contributed by atoms with E-state index < -0.39 is 0 Å². The van der Waals surface area contributed by atoms with Crippen LogP contribution >= 0.6 is 11.6 Å². The third-order valence-electron chi connectivity index (χ3n) is 4.95. The van der Waals surface area contributed by atoms with Crippen molar-refractivity contribution in [2.45, 2.75) is 50.7 Å². The number of rotatable bonds is 6. The largest absolute Gasteiger partial charge is 0.468 e. The molecule has 24 heavy (non-hydrogen) atoms. The molecule has 3 nitrogen and oxygen atoms in total. The van der Waals surface area contributed by atoms with Crippen LogP contribution in [0, 0.1) is 0 Å². The number of ether oxygens (including phenoxy) is 1. The van der Waals surface area contributed by atoms with Gasteiger partial charge in [0, 0.05) is 17.0 Å². The van der Waals surface area contributed by atoms with Crippen molar-refractivity contribution in [2.24, 2.45) is 0 Å². The van der Waals surface area contributed by atoms with Crippen LogP contribution in [-0.4, -0.2) is 18.8 Å². The molecule has 0 saturated carbocycles. The van der Waals surface area contributed by atoms with Gasteiger partial charge in [0.15, 0.2) is 0 Å². The minimum atomic E-state index is -0.0983. The first-order chi connectivity index (χ1) is 11.5. The van der Waals surface area contributed by atoms with Crippen LogP contribution in [-0.2, 0) is 16.7 Å². The quantitative estimate of drug-likeness (QED) is 0.751. The van der Waals surface area contributed by atoms with Crippen molar-refractivity contribution >= 4 is 11.6 Å². The highest BCUT2D eigenvalue weighted by molar-refractivity contribution is 6.30. The SMILES string of the molecule is CC1(C)C[C@](CCNCc2ccco2)(c2ccc(Cl)cc2)CCO1. The van der Waals surface area contributed by atoms with Crippen molar-refractivity contribution in [3.05, 3.63) is 59.0 Å². The minimum Gasteiger partial charge on any atom is -0.468 e. The molecular weight excluding hydrogens is 322 g/mol. The van der Waals surface area contributed by atoms with E-state index in [-0.39, 0.29) is 11.0 Å². The Bertz CT molecular complexity index is 636. The molecule has 0 aliphatic carbocycles. The number of furan rings is 1. The monoisotopic (exact) mass is 347 g/mol. The van der Waals surface area contributed by atoms with Crippen LogP contribution in [0.5, 0.6) is 0 Å². The fourth-order valence-electron chi connectivity index (χ4n) is 3.84. The lowest BCUT2D eigenvalue weighted by Gasteiger charge is -2.45. The zero-order valence-corrected chi connectivity index (χ0v) is 15.2. The van der Waals surface area contributed by atoms with E-state index in [1.807, 2.05) is 24.3 Å². The van der Waals surface area contributed by atoms with Crippen molar-refractivity contribution in [3.63, 3.8) is 0 Å². The molecule has 1 saturated heterocycles. The molecule has 1 N–H and O–H groups in total. The molecule has 1 fully saturated rings. The molecule has 130 valence electrons. The first kappa shape index (κ1) is 17.5. The highest BCUT2D eigenvalue weighted by atomic mass is 35.5. The first-order valence-corrected chi connectivity index (χ1v) is 9.00. The number of benzene rings is 1. The molecule has 1 aliphatic rings. The molecule has 0 spiro atoms. The van der Waals surface area contributed by atoms with Crippen LogP contribution in [0.15, 0.2) is 47.1 Å². The number of halogens is 1. The highest BCUT2D eigenvalue weighted by Gasteiger charge is 2.41.